The molecule has 2 fully saturated rings. The molecule has 2 N–H and O–H groups in total. The zero-order valence-corrected chi connectivity index (χ0v) is 10.1. The third-order valence-corrected chi connectivity index (χ3v) is 3.89. The number of imide groups is 1. The summed E-state index contributed by atoms with van der Waals surface area (Å²) in [7, 11) is 0. The van der Waals surface area contributed by atoms with Gasteiger partial charge in [-0.15, -0.1) is 0 Å². The Bertz CT molecular complexity index is 474. The molecule has 2 unspecified atom stereocenters. The van der Waals surface area contributed by atoms with E-state index in [1.54, 1.807) is 17.1 Å². The van der Waals surface area contributed by atoms with E-state index in [9.17, 15) is 9.59 Å². The molecule has 2 amide bonds. The number of nitrogen functional groups attached to an aromatic ring is 1. The Morgan fingerprint density at radius 3 is 2.44 bits per heavy atom. The van der Waals surface area contributed by atoms with Gasteiger partial charge in [0, 0.05) is 12.7 Å². The normalized spacial score (nSPS) is 27.0. The second-order valence-electron chi connectivity index (χ2n) is 5.01. The van der Waals surface area contributed by atoms with Crippen LogP contribution in [0.1, 0.15) is 19.3 Å². The predicted molar refractivity (Wildman–Crippen MR) is 64.2 cm³/mol. The van der Waals surface area contributed by atoms with E-state index in [-0.39, 0.29) is 23.7 Å². The van der Waals surface area contributed by atoms with Crippen LogP contribution in [0.15, 0.2) is 12.4 Å². The molecule has 1 aliphatic carbocycles. The lowest BCUT2D eigenvalue weighted by Crippen LogP contribution is -2.34. The van der Waals surface area contributed by atoms with Gasteiger partial charge in [0.1, 0.15) is 0 Å². The van der Waals surface area contributed by atoms with Gasteiger partial charge in [0.15, 0.2) is 0 Å². The first-order chi connectivity index (χ1) is 8.66. The number of likely N-dealkylation sites (tertiary alicyclic amines) is 1. The Labute approximate surface area is 105 Å². The van der Waals surface area contributed by atoms with Crippen LogP contribution in [0.2, 0.25) is 0 Å². The maximum Gasteiger partial charge on any atom is 0.233 e. The minimum Gasteiger partial charge on any atom is -0.396 e. The van der Waals surface area contributed by atoms with E-state index in [0.29, 0.717) is 18.8 Å². The lowest BCUT2D eigenvalue weighted by Gasteiger charge is -2.15. The van der Waals surface area contributed by atoms with E-state index >= 15 is 0 Å². The summed E-state index contributed by atoms with van der Waals surface area (Å²) in [6.07, 6.45) is 5.98. The molecular weight excluding hydrogens is 232 g/mol. The fourth-order valence-corrected chi connectivity index (χ4v) is 2.98. The summed E-state index contributed by atoms with van der Waals surface area (Å²) >= 11 is 0. The molecule has 1 aromatic heterocycles. The van der Waals surface area contributed by atoms with Crippen molar-refractivity contribution in [2.45, 2.75) is 25.8 Å². The van der Waals surface area contributed by atoms with E-state index in [2.05, 4.69) is 5.10 Å². The number of carbonyl (C=O) groups is 2. The van der Waals surface area contributed by atoms with Crippen molar-refractivity contribution in [2.75, 3.05) is 12.3 Å². The van der Waals surface area contributed by atoms with Crippen molar-refractivity contribution in [3.8, 4) is 0 Å². The monoisotopic (exact) mass is 248 g/mol. The highest BCUT2D eigenvalue weighted by atomic mass is 16.2. The number of amides is 2. The molecule has 2 atom stereocenters. The maximum atomic E-state index is 12.1. The number of nitrogens with zero attached hydrogens (tertiary/aromatic N) is 3. The summed E-state index contributed by atoms with van der Waals surface area (Å²) in [6, 6.07) is 0. The van der Waals surface area contributed by atoms with Crippen molar-refractivity contribution < 1.29 is 9.59 Å². The molecule has 3 rings (SSSR count). The van der Waals surface area contributed by atoms with Gasteiger partial charge in [-0.3, -0.25) is 19.2 Å². The van der Waals surface area contributed by atoms with Crippen LogP contribution in [0.3, 0.4) is 0 Å². The molecule has 1 aliphatic heterocycles. The summed E-state index contributed by atoms with van der Waals surface area (Å²) < 4.78 is 1.66. The minimum atomic E-state index is -0.0554. The molecule has 1 saturated carbocycles. The molecule has 0 radical (unpaired) electrons. The number of rotatable bonds is 3. The van der Waals surface area contributed by atoms with Gasteiger partial charge < -0.3 is 5.73 Å². The molecule has 0 bridgehead atoms. The van der Waals surface area contributed by atoms with Crippen LogP contribution in [0, 0.1) is 11.8 Å². The smallest absolute Gasteiger partial charge is 0.233 e. The molecular formula is C12H16N4O2. The average molecular weight is 248 g/mol. The van der Waals surface area contributed by atoms with Crippen LogP contribution in [-0.2, 0) is 16.1 Å². The van der Waals surface area contributed by atoms with Gasteiger partial charge in [-0.05, 0) is 12.8 Å². The van der Waals surface area contributed by atoms with Gasteiger partial charge in [-0.2, -0.15) is 5.10 Å². The average Bonchev–Trinajstić information content (AvgIpc) is 3.00. The van der Waals surface area contributed by atoms with Gasteiger partial charge in [0.05, 0.1) is 30.3 Å². The molecule has 18 heavy (non-hydrogen) atoms. The van der Waals surface area contributed by atoms with E-state index in [1.807, 2.05) is 0 Å². The summed E-state index contributed by atoms with van der Waals surface area (Å²) in [5, 5.41) is 4.04. The predicted octanol–water partition coefficient (Wildman–Crippen LogP) is 0.250. The molecule has 6 nitrogen and oxygen atoms in total. The zero-order valence-electron chi connectivity index (χ0n) is 10.1. The highest BCUT2D eigenvalue weighted by Crippen LogP contribution is 2.39. The van der Waals surface area contributed by atoms with E-state index in [1.165, 1.54) is 4.90 Å². The maximum absolute atomic E-state index is 12.1. The Kier molecular flexibility index (Phi) is 2.57. The second kappa shape index (κ2) is 4.12. The van der Waals surface area contributed by atoms with Gasteiger partial charge in [-0.25, -0.2) is 0 Å². The molecule has 96 valence electrons. The Hall–Kier alpha value is -1.85. The molecule has 1 aromatic rings. The highest BCUT2D eigenvalue weighted by molar-refractivity contribution is 6.05. The second-order valence-corrected chi connectivity index (χ2v) is 5.01. The van der Waals surface area contributed by atoms with Gasteiger partial charge in [0.2, 0.25) is 11.8 Å². The molecule has 6 heteroatoms. The lowest BCUT2D eigenvalue weighted by atomic mass is 10.00. The number of anilines is 1. The number of carbonyl (C=O) groups excluding carboxylic acids is 2. The number of fused-ring (bicyclic) bond motifs is 1. The largest absolute Gasteiger partial charge is 0.396 e. The molecule has 0 spiro atoms. The first kappa shape index (κ1) is 11.3. The van der Waals surface area contributed by atoms with Crippen molar-refractivity contribution in [1.29, 1.82) is 0 Å². The third-order valence-electron chi connectivity index (χ3n) is 3.89. The number of hydrogen-bond donors (Lipinski definition) is 1. The van der Waals surface area contributed by atoms with Crippen LogP contribution in [-0.4, -0.2) is 33.0 Å². The first-order valence-corrected chi connectivity index (χ1v) is 6.30. The van der Waals surface area contributed by atoms with Crippen LogP contribution in [0.4, 0.5) is 5.69 Å². The SMILES string of the molecule is Nc1cnn(CCN2C(=O)C3CCCC3C2=O)c1. The summed E-state index contributed by atoms with van der Waals surface area (Å²) in [6.45, 7) is 0.903. The molecule has 2 heterocycles. The van der Waals surface area contributed by atoms with Crippen molar-refractivity contribution in [3.63, 3.8) is 0 Å². The van der Waals surface area contributed by atoms with Crippen LogP contribution >= 0.6 is 0 Å². The zero-order chi connectivity index (χ0) is 12.7. The Morgan fingerprint density at radius 2 is 1.89 bits per heavy atom. The van der Waals surface area contributed by atoms with Gasteiger partial charge in [0.25, 0.3) is 0 Å². The lowest BCUT2D eigenvalue weighted by molar-refractivity contribution is -0.140. The van der Waals surface area contributed by atoms with Gasteiger partial charge >= 0.3 is 0 Å². The fraction of sp³-hybridized carbons (Fsp3) is 0.583. The summed E-state index contributed by atoms with van der Waals surface area (Å²) in [5.41, 5.74) is 6.15. The minimum absolute atomic E-state index is 0.00243. The fourth-order valence-electron chi connectivity index (χ4n) is 2.98. The standard InChI is InChI=1S/C12H16N4O2/c13-8-6-14-15(7-8)4-5-16-11(17)9-2-1-3-10(9)12(16)18/h6-7,9-10H,1-5,13H2. The Balaban J connectivity index is 1.66. The highest BCUT2D eigenvalue weighted by Gasteiger charge is 2.49. The molecule has 2 aliphatic rings. The first-order valence-electron chi connectivity index (χ1n) is 6.30. The summed E-state index contributed by atoms with van der Waals surface area (Å²) in [4.78, 5) is 25.5. The molecule has 1 saturated heterocycles. The number of aromatic nitrogens is 2. The van der Waals surface area contributed by atoms with Crippen molar-refractivity contribution in [2.24, 2.45) is 11.8 Å². The van der Waals surface area contributed by atoms with Crippen molar-refractivity contribution in [1.82, 2.24) is 14.7 Å². The van der Waals surface area contributed by atoms with E-state index in [4.69, 9.17) is 5.73 Å². The quantitative estimate of drug-likeness (QED) is 0.777. The topological polar surface area (TPSA) is 81.2 Å². The van der Waals surface area contributed by atoms with Crippen molar-refractivity contribution >= 4 is 17.5 Å². The summed E-state index contributed by atoms with van der Waals surface area (Å²) in [5.74, 6) is -0.106. The van der Waals surface area contributed by atoms with Gasteiger partial charge in [-0.1, -0.05) is 6.42 Å². The van der Waals surface area contributed by atoms with E-state index in [0.717, 1.165) is 19.3 Å². The van der Waals surface area contributed by atoms with Crippen LogP contribution in [0.5, 0.6) is 0 Å². The number of nitrogens with two attached hydrogens (primary N) is 1. The Morgan fingerprint density at radius 1 is 1.22 bits per heavy atom. The van der Waals surface area contributed by atoms with Crippen LogP contribution < -0.4 is 5.73 Å². The van der Waals surface area contributed by atoms with E-state index < -0.39 is 0 Å². The van der Waals surface area contributed by atoms with Crippen LogP contribution in [0.25, 0.3) is 0 Å². The van der Waals surface area contributed by atoms with Crippen molar-refractivity contribution in [3.05, 3.63) is 12.4 Å². The molecule has 0 aromatic carbocycles. The number of hydrogen-bond acceptors (Lipinski definition) is 4. The third kappa shape index (κ3) is 1.68.